The third-order valence-corrected chi connectivity index (χ3v) is 5.32. The lowest BCUT2D eigenvalue weighted by Gasteiger charge is -2.15. The maximum atomic E-state index is 12.6. The number of methoxy groups -OCH3 is 1. The minimum absolute atomic E-state index is 0.0772. The number of ether oxygens (including phenoxy) is 2. The molecular formula is C22H19NO3S. The van der Waals surface area contributed by atoms with Crippen LogP contribution < -0.4 is 10.3 Å². The van der Waals surface area contributed by atoms with Crippen molar-refractivity contribution in [3.8, 4) is 28.1 Å². The molecule has 5 heteroatoms. The summed E-state index contributed by atoms with van der Waals surface area (Å²) in [5.74, 6) is 0.772. The summed E-state index contributed by atoms with van der Waals surface area (Å²) < 4.78 is 12.0. The highest BCUT2D eigenvalue weighted by Crippen LogP contribution is 2.41. The minimum atomic E-state index is -0.0772. The summed E-state index contributed by atoms with van der Waals surface area (Å²) in [6, 6.07) is 19.7. The van der Waals surface area contributed by atoms with Gasteiger partial charge in [-0.2, -0.15) is 0 Å². The van der Waals surface area contributed by atoms with Crippen LogP contribution in [0.5, 0.6) is 5.75 Å². The van der Waals surface area contributed by atoms with E-state index < -0.39 is 0 Å². The van der Waals surface area contributed by atoms with Gasteiger partial charge in [-0.25, -0.2) is 0 Å². The van der Waals surface area contributed by atoms with Crippen molar-refractivity contribution in [1.82, 2.24) is 4.98 Å². The fourth-order valence-electron chi connectivity index (χ4n) is 3.15. The summed E-state index contributed by atoms with van der Waals surface area (Å²) in [4.78, 5) is 15.7. The van der Waals surface area contributed by atoms with Gasteiger partial charge in [0.15, 0.2) is 0 Å². The highest BCUT2D eigenvalue weighted by atomic mass is 32.1. The molecule has 27 heavy (non-hydrogen) atoms. The van der Waals surface area contributed by atoms with Gasteiger partial charge in [0.25, 0.3) is 5.56 Å². The Labute approximate surface area is 161 Å². The number of thiophene rings is 1. The van der Waals surface area contributed by atoms with Crippen LogP contribution in [0.25, 0.3) is 32.5 Å². The van der Waals surface area contributed by atoms with E-state index in [1.54, 1.807) is 18.4 Å². The molecule has 0 unspecified atom stereocenters. The second-order valence-corrected chi connectivity index (χ2v) is 6.99. The summed E-state index contributed by atoms with van der Waals surface area (Å²) in [7, 11) is 1.65. The Kier molecular flexibility index (Phi) is 5.05. The van der Waals surface area contributed by atoms with Crippen molar-refractivity contribution in [3.05, 3.63) is 76.4 Å². The molecule has 0 aliphatic rings. The highest BCUT2D eigenvalue weighted by Gasteiger charge is 2.18. The number of aromatic nitrogens is 1. The molecule has 0 aliphatic carbocycles. The smallest absolute Gasteiger partial charge is 0.257 e. The third kappa shape index (κ3) is 3.39. The predicted molar refractivity (Wildman–Crippen MR) is 111 cm³/mol. The van der Waals surface area contributed by atoms with E-state index in [9.17, 15) is 4.79 Å². The number of H-pyrrole nitrogens is 1. The number of aromatic amines is 1. The van der Waals surface area contributed by atoms with Gasteiger partial charge in [0, 0.05) is 22.9 Å². The van der Waals surface area contributed by atoms with Crippen LogP contribution in [0.4, 0.5) is 0 Å². The lowest BCUT2D eigenvalue weighted by molar-refractivity contribution is 0.146. The Bertz CT molecular complexity index is 1120. The number of nitrogens with one attached hydrogen (secondary N) is 1. The molecule has 0 fully saturated rings. The van der Waals surface area contributed by atoms with Gasteiger partial charge >= 0.3 is 0 Å². The molecule has 2 heterocycles. The van der Waals surface area contributed by atoms with Crippen molar-refractivity contribution in [2.24, 2.45) is 0 Å². The quantitative estimate of drug-likeness (QED) is 0.484. The van der Waals surface area contributed by atoms with E-state index in [0.29, 0.717) is 18.6 Å². The first-order chi connectivity index (χ1) is 13.3. The first kappa shape index (κ1) is 17.5. The number of hydrogen-bond acceptors (Lipinski definition) is 4. The SMILES string of the molecule is COCCOc1ccccc1-c1c(-c2ccccc2)[nH]c(=O)c2ccsc12. The highest BCUT2D eigenvalue weighted by molar-refractivity contribution is 7.17. The number of rotatable bonds is 6. The standard InChI is InChI=1S/C22H19NO3S/c1-25-12-13-26-18-10-6-5-9-16(18)19-20(15-7-3-2-4-8-15)23-22(24)17-11-14-27-21(17)19/h2-11,14H,12-13H2,1H3,(H,23,24). The number of pyridine rings is 1. The Morgan fingerprint density at radius 2 is 1.74 bits per heavy atom. The summed E-state index contributed by atoms with van der Waals surface area (Å²) >= 11 is 1.57. The van der Waals surface area contributed by atoms with E-state index in [4.69, 9.17) is 9.47 Å². The normalized spacial score (nSPS) is 11.0. The Balaban J connectivity index is 1.98. The summed E-state index contributed by atoms with van der Waals surface area (Å²) in [5.41, 5.74) is 3.63. The average molecular weight is 377 g/mol. The zero-order valence-electron chi connectivity index (χ0n) is 14.9. The lowest BCUT2D eigenvalue weighted by atomic mass is 9.97. The van der Waals surface area contributed by atoms with Crippen molar-refractivity contribution < 1.29 is 9.47 Å². The van der Waals surface area contributed by atoms with Gasteiger partial charge < -0.3 is 14.5 Å². The molecule has 4 rings (SSSR count). The summed E-state index contributed by atoms with van der Waals surface area (Å²) in [6.07, 6.45) is 0. The molecule has 0 amide bonds. The molecule has 0 radical (unpaired) electrons. The molecule has 0 bridgehead atoms. The molecule has 4 nitrogen and oxygen atoms in total. The van der Waals surface area contributed by atoms with Gasteiger partial charge in [0.05, 0.1) is 17.7 Å². The molecule has 0 spiro atoms. The van der Waals surface area contributed by atoms with Crippen LogP contribution in [0.2, 0.25) is 0 Å². The van der Waals surface area contributed by atoms with Crippen molar-refractivity contribution in [1.29, 1.82) is 0 Å². The van der Waals surface area contributed by atoms with Gasteiger partial charge in [-0.15, -0.1) is 11.3 Å². The van der Waals surface area contributed by atoms with E-state index in [1.165, 1.54) is 0 Å². The van der Waals surface area contributed by atoms with Crippen LogP contribution in [0.15, 0.2) is 70.8 Å². The molecule has 0 atom stereocenters. The maximum absolute atomic E-state index is 12.6. The van der Waals surface area contributed by atoms with Crippen LogP contribution >= 0.6 is 11.3 Å². The zero-order chi connectivity index (χ0) is 18.6. The second kappa shape index (κ2) is 7.78. The number of hydrogen-bond donors (Lipinski definition) is 1. The first-order valence-corrected chi connectivity index (χ1v) is 9.57. The predicted octanol–water partition coefficient (Wildman–Crippen LogP) is 4.95. The van der Waals surface area contributed by atoms with Gasteiger partial charge in [0.2, 0.25) is 0 Å². The van der Waals surface area contributed by atoms with E-state index in [0.717, 1.165) is 32.8 Å². The monoisotopic (exact) mass is 377 g/mol. The van der Waals surface area contributed by atoms with Gasteiger partial charge in [0.1, 0.15) is 12.4 Å². The molecule has 0 aliphatic heterocycles. The topological polar surface area (TPSA) is 51.3 Å². The molecule has 2 aromatic carbocycles. The number of fused-ring (bicyclic) bond motifs is 1. The molecular weight excluding hydrogens is 358 g/mol. The summed E-state index contributed by atoms with van der Waals surface area (Å²) in [6.45, 7) is 0.977. The molecule has 1 N–H and O–H groups in total. The zero-order valence-corrected chi connectivity index (χ0v) is 15.7. The molecule has 136 valence electrons. The Morgan fingerprint density at radius 3 is 2.56 bits per heavy atom. The molecule has 0 saturated heterocycles. The summed E-state index contributed by atoms with van der Waals surface area (Å²) in [5, 5.41) is 2.65. The van der Waals surface area contributed by atoms with Crippen LogP contribution in [0.1, 0.15) is 0 Å². The van der Waals surface area contributed by atoms with E-state index >= 15 is 0 Å². The number of para-hydroxylation sites is 1. The van der Waals surface area contributed by atoms with Crippen molar-refractivity contribution in [3.63, 3.8) is 0 Å². The Morgan fingerprint density at radius 1 is 0.963 bits per heavy atom. The Hall–Kier alpha value is -2.89. The molecule has 0 saturated carbocycles. The van der Waals surface area contributed by atoms with Crippen LogP contribution in [0, 0.1) is 0 Å². The van der Waals surface area contributed by atoms with Gasteiger partial charge in [-0.1, -0.05) is 48.5 Å². The van der Waals surface area contributed by atoms with Crippen LogP contribution in [-0.4, -0.2) is 25.3 Å². The van der Waals surface area contributed by atoms with Crippen LogP contribution in [-0.2, 0) is 4.74 Å². The fraction of sp³-hybridized carbons (Fsp3) is 0.136. The van der Waals surface area contributed by atoms with Gasteiger partial charge in [-0.3, -0.25) is 4.79 Å². The second-order valence-electron chi connectivity index (χ2n) is 6.07. The lowest BCUT2D eigenvalue weighted by Crippen LogP contribution is -2.09. The van der Waals surface area contributed by atoms with E-state index in [1.807, 2.05) is 66.0 Å². The van der Waals surface area contributed by atoms with Crippen molar-refractivity contribution in [2.45, 2.75) is 0 Å². The van der Waals surface area contributed by atoms with Crippen LogP contribution in [0.3, 0.4) is 0 Å². The first-order valence-electron chi connectivity index (χ1n) is 8.69. The largest absolute Gasteiger partial charge is 0.491 e. The van der Waals surface area contributed by atoms with E-state index in [-0.39, 0.29) is 5.56 Å². The van der Waals surface area contributed by atoms with Crippen molar-refractivity contribution in [2.75, 3.05) is 20.3 Å². The average Bonchev–Trinajstić information content (AvgIpc) is 3.20. The van der Waals surface area contributed by atoms with E-state index in [2.05, 4.69) is 4.98 Å². The van der Waals surface area contributed by atoms with Gasteiger partial charge in [-0.05, 0) is 23.1 Å². The third-order valence-electron chi connectivity index (χ3n) is 4.39. The molecule has 4 aromatic rings. The molecule has 2 aromatic heterocycles. The fourth-order valence-corrected chi connectivity index (χ4v) is 4.11. The number of benzene rings is 2. The minimum Gasteiger partial charge on any atom is -0.491 e. The van der Waals surface area contributed by atoms with Crippen molar-refractivity contribution >= 4 is 21.4 Å². The maximum Gasteiger partial charge on any atom is 0.257 e.